The summed E-state index contributed by atoms with van der Waals surface area (Å²) in [6.45, 7) is 4.32. The van der Waals surface area contributed by atoms with Crippen LogP contribution in [0.4, 0.5) is 0 Å². The highest BCUT2D eigenvalue weighted by atomic mass is 16.4. The molecule has 4 aromatic rings. The van der Waals surface area contributed by atoms with Crippen LogP contribution in [-0.2, 0) is 17.9 Å². The number of hydrogen-bond acceptors (Lipinski definition) is 7. The number of benzene rings is 3. The number of carboxylic acid groups (broad SMARTS) is 1. The van der Waals surface area contributed by atoms with Crippen molar-refractivity contribution in [2.24, 2.45) is 0 Å². The van der Waals surface area contributed by atoms with Gasteiger partial charge >= 0.3 is 5.97 Å². The molecule has 5 rings (SSSR count). The number of carbonyl (C=O) groups is 1. The summed E-state index contributed by atoms with van der Waals surface area (Å²) in [7, 11) is 0. The van der Waals surface area contributed by atoms with Crippen LogP contribution in [0.15, 0.2) is 78.9 Å². The molecule has 0 amide bonds. The molecule has 0 spiro atoms. The maximum absolute atomic E-state index is 11.1. The van der Waals surface area contributed by atoms with Crippen molar-refractivity contribution in [2.45, 2.75) is 19.1 Å². The Labute approximate surface area is 209 Å². The van der Waals surface area contributed by atoms with Crippen molar-refractivity contribution in [1.82, 2.24) is 30.0 Å². The van der Waals surface area contributed by atoms with Crippen molar-refractivity contribution < 1.29 is 15.0 Å². The van der Waals surface area contributed by atoms with E-state index in [4.69, 9.17) is 5.11 Å². The number of carboxylic acids is 1. The van der Waals surface area contributed by atoms with Gasteiger partial charge in [-0.2, -0.15) is 0 Å². The second-order valence-corrected chi connectivity index (χ2v) is 8.97. The fraction of sp³-hybridized carbons (Fsp3) is 0.259. The topological polar surface area (TPSA) is 108 Å². The SMILES string of the molecule is O=C(O)Cn1nnnc1-c1ccc([C@H](c2cccc(O)c2)N2CCN(Cc3ccccc3)CC2)cc1. The van der Waals surface area contributed by atoms with Crippen LogP contribution in [0.1, 0.15) is 22.7 Å². The zero-order valence-electron chi connectivity index (χ0n) is 19.8. The van der Waals surface area contributed by atoms with Gasteiger partial charge in [0.1, 0.15) is 12.3 Å². The van der Waals surface area contributed by atoms with Gasteiger partial charge in [-0.15, -0.1) is 5.10 Å². The Kier molecular flexibility index (Phi) is 7.01. The van der Waals surface area contributed by atoms with Crippen molar-refractivity contribution >= 4 is 5.97 Å². The molecule has 2 heterocycles. The molecule has 9 nitrogen and oxygen atoms in total. The van der Waals surface area contributed by atoms with Gasteiger partial charge in [0, 0.05) is 38.3 Å². The zero-order valence-corrected chi connectivity index (χ0v) is 19.8. The molecule has 9 heteroatoms. The molecule has 1 saturated heterocycles. The average molecular weight is 485 g/mol. The van der Waals surface area contributed by atoms with E-state index < -0.39 is 5.97 Å². The molecular weight excluding hydrogens is 456 g/mol. The number of phenols is 1. The van der Waals surface area contributed by atoms with E-state index >= 15 is 0 Å². The summed E-state index contributed by atoms with van der Waals surface area (Å²) in [5, 5.41) is 30.7. The van der Waals surface area contributed by atoms with Crippen LogP contribution in [0.25, 0.3) is 11.4 Å². The van der Waals surface area contributed by atoms with E-state index in [1.165, 1.54) is 10.2 Å². The van der Waals surface area contributed by atoms with Crippen LogP contribution < -0.4 is 0 Å². The van der Waals surface area contributed by atoms with E-state index in [1.807, 2.05) is 48.5 Å². The summed E-state index contributed by atoms with van der Waals surface area (Å²) in [4.78, 5) is 16.0. The number of nitrogens with zero attached hydrogens (tertiary/aromatic N) is 6. The molecule has 2 N–H and O–H groups in total. The van der Waals surface area contributed by atoms with Gasteiger partial charge in [-0.3, -0.25) is 14.6 Å². The van der Waals surface area contributed by atoms with Crippen LogP contribution in [-0.4, -0.2) is 72.4 Å². The first kappa shape index (κ1) is 23.7. The van der Waals surface area contributed by atoms with Crippen molar-refractivity contribution in [3.05, 3.63) is 95.6 Å². The molecule has 3 aromatic carbocycles. The summed E-state index contributed by atoms with van der Waals surface area (Å²) in [5.41, 5.74) is 4.16. The van der Waals surface area contributed by atoms with E-state index in [0.29, 0.717) is 5.82 Å². The van der Waals surface area contributed by atoms with Gasteiger partial charge in [-0.05, 0) is 39.2 Å². The van der Waals surface area contributed by atoms with Crippen molar-refractivity contribution in [1.29, 1.82) is 0 Å². The molecular formula is C27H28N6O3. The van der Waals surface area contributed by atoms with Crippen LogP contribution in [0.2, 0.25) is 0 Å². The zero-order chi connectivity index (χ0) is 24.9. The lowest BCUT2D eigenvalue weighted by Gasteiger charge is -2.40. The summed E-state index contributed by atoms with van der Waals surface area (Å²) in [5.74, 6) is -0.354. The van der Waals surface area contributed by atoms with Gasteiger partial charge < -0.3 is 10.2 Å². The summed E-state index contributed by atoms with van der Waals surface area (Å²) in [6, 6.07) is 25.8. The molecule has 0 saturated carbocycles. The Morgan fingerprint density at radius 2 is 1.64 bits per heavy atom. The highest BCUT2D eigenvalue weighted by Crippen LogP contribution is 2.32. The van der Waals surface area contributed by atoms with Gasteiger partial charge in [0.05, 0.1) is 6.04 Å². The lowest BCUT2D eigenvalue weighted by atomic mass is 9.95. The minimum atomic E-state index is -1.00. The van der Waals surface area contributed by atoms with Crippen molar-refractivity contribution in [3.8, 4) is 17.1 Å². The molecule has 1 aliphatic heterocycles. The number of tetrazole rings is 1. The maximum atomic E-state index is 11.1. The summed E-state index contributed by atoms with van der Waals surface area (Å²) in [6.07, 6.45) is 0. The Bertz CT molecular complexity index is 1300. The van der Waals surface area contributed by atoms with E-state index in [9.17, 15) is 9.90 Å². The molecule has 1 atom stereocenters. The Morgan fingerprint density at radius 3 is 2.33 bits per heavy atom. The largest absolute Gasteiger partial charge is 0.508 e. The first-order valence-electron chi connectivity index (χ1n) is 11.9. The van der Waals surface area contributed by atoms with Crippen LogP contribution in [0.5, 0.6) is 5.75 Å². The van der Waals surface area contributed by atoms with Gasteiger partial charge in [0.25, 0.3) is 0 Å². The molecule has 1 fully saturated rings. The Morgan fingerprint density at radius 1 is 0.889 bits per heavy atom. The standard InChI is InChI=1S/C27H28N6O3/c34-24-8-4-7-23(17-24)26(32-15-13-31(14-16-32)18-20-5-2-1-3-6-20)21-9-11-22(12-10-21)27-28-29-30-33(27)19-25(35)36/h1-12,17,26,34H,13-16,18-19H2,(H,35,36)/t26-/m1/s1. The third kappa shape index (κ3) is 5.42. The predicted octanol–water partition coefficient (Wildman–Crippen LogP) is 3.04. The number of aromatic hydroxyl groups is 1. The minimum absolute atomic E-state index is 0.0277. The second kappa shape index (κ2) is 10.7. The highest BCUT2D eigenvalue weighted by molar-refractivity contribution is 5.67. The van der Waals surface area contributed by atoms with Crippen molar-refractivity contribution in [3.63, 3.8) is 0 Å². The number of rotatable bonds is 8. The quantitative estimate of drug-likeness (QED) is 0.393. The Balaban J connectivity index is 1.37. The van der Waals surface area contributed by atoms with Gasteiger partial charge in [0.2, 0.25) is 0 Å². The molecule has 0 bridgehead atoms. The van der Waals surface area contributed by atoms with E-state index in [-0.39, 0.29) is 18.3 Å². The monoisotopic (exact) mass is 484 g/mol. The summed E-state index contributed by atoms with van der Waals surface area (Å²) >= 11 is 0. The van der Waals surface area contributed by atoms with E-state index in [0.717, 1.165) is 49.4 Å². The molecule has 1 aliphatic rings. The van der Waals surface area contributed by atoms with E-state index in [1.54, 1.807) is 6.07 Å². The molecule has 0 unspecified atom stereocenters. The molecule has 36 heavy (non-hydrogen) atoms. The number of piperazine rings is 1. The number of aliphatic carboxylic acids is 1. The number of hydrogen-bond donors (Lipinski definition) is 2. The summed E-state index contributed by atoms with van der Waals surface area (Å²) < 4.78 is 1.27. The van der Waals surface area contributed by atoms with Gasteiger partial charge in [-0.25, -0.2) is 4.68 Å². The van der Waals surface area contributed by atoms with Crippen molar-refractivity contribution in [2.75, 3.05) is 26.2 Å². The van der Waals surface area contributed by atoms with Crippen LogP contribution >= 0.6 is 0 Å². The maximum Gasteiger partial charge on any atom is 0.325 e. The van der Waals surface area contributed by atoms with Gasteiger partial charge in [0.15, 0.2) is 5.82 Å². The lowest BCUT2D eigenvalue weighted by Crippen LogP contribution is -2.47. The van der Waals surface area contributed by atoms with E-state index in [2.05, 4.69) is 49.6 Å². The second-order valence-electron chi connectivity index (χ2n) is 8.97. The van der Waals surface area contributed by atoms with Gasteiger partial charge in [-0.1, -0.05) is 66.7 Å². The highest BCUT2D eigenvalue weighted by Gasteiger charge is 2.27. The molecule has 184 valence electrons. The number of phenolic OH excluding ortho intramolecular Hbond substituents is 1. The minimum Gasteiger partial charge on any atom is -0.508 e. The molecule has 1 aromatic heterocycles. The first-order valence-corrected chi connectivity index (χ1v) is 11.9. The Hall–Kier alpha value is -4.08. The number of aromatic nitrogens is 4. The fourth-order valence-corrected chi connectivity index (χ4v) is 4.79. The normalized spacial score (nSPS) is 15.6. The van der Waals surface area contributed by atoms with Crippen LogP contribution in [0.3, 0.4) is 0 Å². The lowest BCUT2D eigenvalue weighted by molar-refractivity contribution is -0.137. The fourth-order valence-electron chi connectivity index (χ4n) is 4.79. The smallest absolute Gasteiger partial charge is 0.325 e. The average Bonchev–Trinajstić information content (AvgIpc) is 3.34. The third-order valence-electron chi connectivity index (χ3n) is 6.51. The molecule has 0 aliphatic carbocycles. The molecule has 0 radical (unpaired) electrons. The van der Waals surface area contributed by atoms with Crippen LogP contribution in [0, 0.1) is 0 Å². The third-order valence-corrected chi connectivity index (χ3v) is 6.51. The first-order chi connectivity index (χ1) is 17.6. The predicted molar refractivity (Wildman–Crippen MR) is 134 cm³/mol.